The van der Waals surface area contributed by atoms with Crippen molar-refractivity contribution in [3.63, 3.8) is 0 Å². The third-order valence-electron chi connectivity index (χ3n) is 5.37. The molecule has 1 spiro atoms. The number of para-hydroxylation sites is 2. The van der Waals surface area contributed by atoms with Gasteiger partial charge in [-0.25, -0.2) is 9.80 Å². The second-order valence-corrected chi connectivity index (χ2v) is 10.1. The van der Waals surface area contributed by atoms with E-state index in [0.29, 0.717) is 11.5 Å². The maximum absolute atomic E-state index is 13.0. The van der Waals surface area contributed by atoms with E-state index < -0.39 is 4.33 Å². The highest BCUT2D eigenvalue weighted by atomic mass is 32.2. The van der Waals surface area contributed by atoms with Crippen molar-refractivity contribution in [2.24, 2.45) is 5.10 Å². The van der Waals surface area contributed by atoms with Crippen molar-refractivity contribution >= 4 is 45.9 Å². The van der Waals surface area contributed by atoms with Crippen molar-refractivity contribution in [1.29, 1.82) is 0 Å². The Morgan fingerprint density at radius 3 is 2.06 bits per heavy atom. The average Bonchev–Trinajstić information content (AvgIpc) is 3.38. The van der Waals surface area contributed by atoms with E-state index in [1.807, 2.05) is 85.6 Å². The molecule has 166 valence electrons. The lowest BCUT2D eigenvalue weighted by molar-refractivity contribution is -0.137. The van der Waals surface area contributed by atoms with Gasteiger partial charge < -0.3 is 9.64 Å². The molecule has 33 heavy (non-hydrogen) atoms. The molecule has 1 atom stereocenters. The monoisotopic (exact) mass is 473 g/mol. The van der Waals surface area contributed by atoms with Gasteiger partial charge in [-0.05, 0) is 49.9 Å². The number of benzene rings is 3. The summed E-state index contributed by atoms with van der Waals surface area (Å²) in [5, 5.41) is 8.00. The maximum atomic E-state index is 13.0. The topological polar surface area (TPSA) is 45.1 Å². The third-order valence-corrected chi connectivity index (χ3v) is 8.29. The summed E-state index contributed by atoms with van der Waals surface area (Å²) in [4.78, 5) is 15.8. The predicted octanol–water partition coefficient (Wildman–Crippen LogP) is 6.26. The summed E-state index contributed by atoms with van der Waals surface area (Å²) in [7, 11) is 0. The van der Waals surface area contributed by atoms with Gasteiger partial charge in [0.2, 0.25) is 4.33 Å². The highest BCUT2D eigenvalue weighted by Crippen LogP contribution is 2.60. The number of allylic oxidation sites excluding steroid dienone is 1. The van der Waals surface area contributed by atoms with Crippen molar-refractivity contribution in [2.45, 2.75) is 18.2 Å². The summed E-state index contributed by atoms with van der Waals surface area (Å²) in [5.74, 6) is -0.306. The lowest BCUT2D eigenvalue weighted by atomic mass is 10.2. The van der Waals surface area contributed by atoms with Crippen LogP contribution in [0.15, 0.2) is 107 Å². The van der Waals surface area contributed by atoms with E-state index in [2.05, 4.69) is 29.2 Å². The normalized spacial score (nSPS) is 19.9. The van der Waals surface area contributed by atoms with Gasteiger partial charge in [0, 0.05) is 16.9 Å². The van der Waals surface area contributed by atoms with Crippen LogP contribution in [-0.4, -0.2) is 21.9 Å². The Balaban J connectivity index is 1.68. The molecule has 2 aliphatic heterocycles. The van der Waals surface area contributed by atoms with E-state index in [9.17, 15) is 4.79 Å². The zero-order valence-electron chi connectivity index (χ0n) is 18.3. The Labute approximate surface area is 202 Å². The maximum Gasteiger partial charge on any atom is 0.346 e. The number of hydrazone groups is 1. The minimum atomic E-state index is -0.750. The van der Waals surface area contributed by atoms with E-state index in [1.165, 1.54) is 11.8 Å². The standard InChI is InChI=1S/C26H23N3O2S2/c1-3-31-25(30)23-19(2)28(21-15-9-5-10-16-21)26(32-23)29(22-17-11-6-12-18-22)27-24(33-26)20-13-7-4-8-14-20/h4-18H,3H2,1-2H3. The SMILES string of the molecule is CCOC(=O)C1=C(C)N(c2ccccc2)C2(SC(c3ccccc3)=NN2c2ccccc2)S1. The van der Waals surface area contributed by atoms with Crippen LogP contribution in [0.1, 0.15) is 19.4 Å². The molecule has 0 amide bonds. The molecule has 5 rings (SSSR count). The molecular weight excluding hydrogens is 450 g/mol. The molecule has 0 aromatic heterocycles. The number of ether oxygens (including phenoxy) is 1. The van der Waals surface area contributed by atoms with Crippen molar-refractivity contribution in [2.75, 3.05) is 16.5 Å². The van der Waals surface area contributed by atoms with Gasteiger partial charge in [-0.15, -0.1) is 0 Å². The van der Waals surface area contributed by atoms with Crippen LogP contribution in [0.25, 0.3) is 0 Å². The molecule has 3 aromatic rings. The molecule has 0 saturated heterocycles. The smallest absolute Gasteiger partial charge is 0.346 e. The minimum absolute atomic E-state index is 0.306. The molecule has 0 N–H and O–H groups in total. The van der Waals surface area contributed by atoms with Crippen LogP contribution in [0.5, 0.6) is 0 Å². The Kier molecular flexibility index (Phi) is 5.91. The van der Waals surface area contributed by atoms with Crippen molar-refractivity contribution < 1.29 is 9.53 Å². The van der Waals surface area contributed by atoms with Gasteiger partial charge in [0.1, 0.15) is 9.95 Å². The van der Waals surface area contributed by atoms with Crippen LogP contribution < -0.4 is 9.91 Å². The molecule has 0 fully saturated rings. The first kappa shape index (κ1) is 21.7. The fourth-order valence-electron chi connectivity index (χ4n) is 3.92. The Bertz CT molecular complexity index is 1220. The second kappa shape index (κ2) is 9.00. The van der Waals surface area contributed by atoms with E-state index in [4.69, 9.17) is 9.84 Å². The molecule has 0 saturated carbocycles. The van der Waals surface area contributed by atoms with Gasteiger partial charge in [0.15, 0.2) is 0 Å². The molecule has 5 nitrogen and oxygen atoms in total. The van der Waals surface area contributed by atoms with Gasteiger partial charge in [-0.2, -0.15) is 5.10 Å². The summed E-state index contributed by atoms with van der Waals surface area (Å²) in [6, 6.07) is 30.4. The molecule has 7 heteroatoms. The average molecular weight is 474 g/mol. The van der Waals surface area contributed by atoms with Crippen LogP contribution in [0.3, 0.4) is 0 Å². The first-order chi connectivity index (χ1) is 16.1. The fourth-order valence-corrected chi connectivity index (χ4v) is 6.98. The van der Waals surface area contributed by atoms with Gasteiger partial charge in [0.25, 0.3) is 0 Å². The number of carbonyl (C=O) groups is 1. The number of rotatable bonds is 5. The van der Waals surface area contributed by atoms with Crippen LogP contribution in [0, 0.1) is 0 Å². The lowest BCUT2D eigenvalue weighted by Crippen LogP contribution is -2.49. The zero-order valence-corrected chi connectivity index (χ0v) is 20.0. The lowest BCUT2D eigenvalue weighted by Gasteiger charge is -2.41. The number of hydrogen-bond acceptors (Lipinski definition) is 7. The number of thioether (sulfide) groups is 2. The van der Waals surface area contributed by atoms with Gasteiger partial charge >= 0.3 is 5.97 Å². The molecule has 2 heterocycles. The summed E-state index contributed by atoms with van der Waals surface area (Å²) in [6.45, 7) is 4.14. The molecule has 0 bridgehead atoms. The number of esters is 1. The van der Waals surface area contributed by atoms with Crippen molar-refractivity contribution in [1.82, 2.24) is 0 Å². The van der Waals surface area contributed by atoms with Crippen LogP contribution in [-0.2, 0) is 9.53 Å². The summed E-state index contributed by atoms with van der Waals surface area (Å²) in [5.41, 5.74) is 3.82. The van der Waals surface area contributed by atoms with E-state index in [0.717, 1.165) is 27.7 Å². The third kappa shape index (κ3) is 3.81. The number of carbonyl (C=O) groups excluding carboxylic acids is 1. The van der Waals surface area contributed by atoms with E-state index in [1.54, 1.807) is 11.8 Å². The van der Waals surface area contributed by atoms with Crippen LogP contribution in [0.4, 0.5) is 11.4 Å². The van der Waals surface area contributed by atoms with Gasteiger partial charge in [-0.1, -0.05) is 78.5 Å². The molecule has 3 aromatic carbocycles. The van der Waals surface area contributed by atoms with E-state index >= 15 is 0 Å². The summed E-state index contributed by atoms with van der Waals surface area (Å²) >= 11 is 3.12. The quantitative estimate of drug-likeness (QED) is 0.408. The molecule has 0 radical (unpaired) electrons. The van der Waals surface area contributed by atoms with Crippen molar-refractivity contribution in [3.8, 4) is 0 Å². The molecule has 2 aliphatic rings. The van der Waals surface area contributed by atoms with E-state index in [-0.39, 0.29) is 5.97 Å². The van der Waals surface area contributed by atoms with Crippen LogP contribution >= 0.6 is 23.5 Å². The molecule has 1 unspecified atom stereocenters. The van der Waals surface area contributed by atoms with Gasteiger partial charge in [-0.3, -0.25) is 0 Å². The predicted molar refractivity (Wildman–Crippen MR) is 138 cm³/mol. The Morgan fingerprint density at radius 1 is 0.879 bits per heavy atom. The zero-order chi connectivity index (χ0) is 22.8. The summed E-state index contributed by atoms with van der Waals surface area (Å²) in [6.07, 6.45) is 0. The molecular formula is C26H23N3O2S2. The highest BCUT2D eigenvalue weighted by Gasteiger charge is 2.57. The highest BCUT2D eigenvalue weighted by molar-refractivity contribution is 8.28. The largest absolute Gasteiger partial charge is 0.462 e. The Hall–Kier alpha value is -3.16. The van der Waals surface area contributed by atoms with Gasteiger partial charge in [0.05, 0.1) is 12.3 Å². The molecule has 0 aliphatic carbocycles. The number of nitrogens with zero attached hydrogens (tertiary/aromatic N) is 3. The minimum Gasteiger partial charge on any atom is -0.462 e. The van der Waals surface area contributed by atoms with Crippen LogP contribution in [0.2, 0.25) is 0 Å². The Morgan fingerprint density at radius 2 is 1.45 bits per heavy atom. The number of hydrogen-bond donors (Lipinski definition) is 0. The summed E-state index contributed by atoms with van der Waals surface area (Å²) < 4.78 is 4.68. The van der Waals surface area contributed by atoms with Crippen molar-refractivity contribution in [3.05, 3.63) is 107 Å². The first-order valence-corrected chi connectivity index (χ1v) is 12.4. The number of anilines is 2. The second-order valence-electron chi connectivity index (χ2n) is 7.48. The fraction of sp³-hybridized carbons (Fsp3) is 0.154. The first-order valence-electron chi connectivity index (χ1n) is 10.7.